The highest BCUT2D eigenvalue weighted by molar-refractivity contribution is 5.87. The van der Waals surface area contributed by atoms with Gasteiger partial charge in [-0.1, -0.05) is 6.92 Å². The van der Waals surface area contributed by atoms with E-state index >= 15 is 0 Å². The van der Waals surface area contributed by atoms with E-state index in [4.69, 9.17) is 16.2 Å². The van der Waals surface area contributed by atoms with Crippen molar-refractivity contribution in [2.75, 3.05) is 19.7 Å². The lowest BCUT2D eigenvalue weighted by molar-refractivity contribution is -0.485. The van der Waals surface area contributed by atoms with Crippen molar-refractivity contribution in [3.8, 4) is 0 Å². The summed E-state index contributed by atoms with van der Waals surface area (Å²) in [6.45, 7) is 4.79. The van der Waals surface area contributed by atoms with E-state index in [9.17, 15) is 19.7 Å². The summed E-state index contributed by atoms with van der Waals surface area (Å²) in [4.78, 5) is 36.5. The summed E-state index contributed by atoms with van der Waals surface area (Å²) in [6.07, 6.45) is 2.19. The number of nitrogens with one attached hydrogen (secondary N) is 1. The third kappa shape index (κ3) is 6.82. The predicted molar refractivity (Wildman–Crippen MR) is 94.4 cm³/mol. The van der Waals surface area contributed by atoms with Crippen molar-refractivity contribution < 1.29 is 19.4 Å². The molecule has 2 unspecified atom stereocenters. The van der Waals surface area contributed by atoms with Gasteiger partial charge in [-0.05, 0) is 38.5 Å². The standard InChI is InChI=1S/C15H28N6O5/c1-3-26-14(23)12-9-10(2)6-8-20(12)13(22)11(16)5-4-7-18-15(17)19-21(24)25/h10-12H,3-9,16H2,1-2H3,(H3,17,18,19)/t10-,11?,12?/m1/s1. The van der Waals surface area contributed by atoms with Gasteiger partial charge in [-0.25, -0.2) is 14.9 Å². The topological polar surface area (TPSA) is 166 Å². The number of ether oxygens (including phenoxy) is 1. The Kier molecular flexibility index (Phi) is 8.76. The molecule has 0 bridgehead atoms. The fourth-order valence-electron chi connectivity index (χ4n) is 2.87. The van der Waals surface area contributed by atoms with Gasteiger partial charge in [0.25, 0.3) is 5.96 Å². The van der Waals surface area contributed by atoms with E-state index in [-0.39, 0.29) is 18.5 Å². The van der Waals surface area contributed by atoms with Crippen LogP contribution in [-0.4, -0.2) is 59.5 Å². The third-order valence-electron chi connectivity index (χ3n) is 4.21. The minimum Gasteiger partial charge on any atom is -0.464 e. The maximum absolute atomic E-state index is 12.6. The van der Waals surface area contributed by atoms with Crippen molar-refractivity contribution in [1.29, 1.82) is 0 Å². The van der Waals surface area contributed by atoms with E-state index in [0.717, 1.165) is 6.42 Å². The van der Waals surface area contributed by atoms with Crippen molar-refractivity contribution in [1.82, 2.24) is 10.2 Å². The Morgan fingerprint density at radius 1 is 1.50 bits per heavy atom. The molecule has 1 aliphatic rings. The number of rotatable bonds is 8. The summed E-state index contributed by atoms with van der Waals surface area (Å²) < 4.78 is 5.08. The predicted octanol–water partition coefficient (Wildman–Crippen LogP) is -0.620. The zero-order chi connectivity index (χ0) is 19.7. The van der Waals surface area contributed by atoms with E-state index in [1.54, 1.807) is 6.92 Å². The molecule has 0 spiro atoms. The van der Waals surface area contributed by atoms with Crippen LogP contribution in [0.15, 0.2) is 5.10 Å². The number of guanidine groups is 1. The van der Waals surface area contributed by atoms with Crippen LogP contribution >= 0.6 is 0 Å². The lowest BCUT2D eigenvalue weighted by Gasteiger charge is -2.38. The second kappa shape index (κ2) is 10.5. The Balaban J connectivity index is 2.54. The molecule has 148 valence electrons. The van der Waals surface area contributed by atoms with Gasteiger partial charge in [-0.15, -0.1) is 0 Å². The Morgan fingerprint density at radius 2 is 2.19 bits per heavy atom. The zero-order valence-electron chi connectivity index (χ0n) is 15.2. The van der Waals surface area contributed by atoms with Crippen molar-refractivity contribution >= 4 is 17.8 Å². The van der Waals surface area contributed by atoms with Gasteiger partial charge in [0.05, 0.1) is 12.6 Å². The lowest BCUT2D eigenvalue weighted by Crippen LogP contribution is -2.55. The van der Waals surface area contributed by atoms with Gasteiger partial charge in [0.2, 0.25) is 5.91 Å². The minimum absolute atomic E-state index is 0.261. The lowest BCUT2D eigenvalue weighted by atomic mass is 9.91. The number of piperidine rings is 1. The Bertz CT molecular complexity index is 541. The fraction of sp³-hybridized carbons (Fsp3) is 0.800. The summed E-state index contributed by atoms with van der Waals surface area (Å²) in [5.41, 5.74) is 11.3. The number of hydrogen-bond acceptors (Lipinski definition) is 6. The first-order valence-corrected chi connectivity index (χ1v) is 8.71. The number of amides is 1. The molecule has 0 aliphatic carbocycles. The highest BCUT2D eigenvalue weighted by Gasteiger charge is 2.37. The molecule has 3 atom stereocenters. The summed E-state index contributed by atoms with van der Waals surface area (Å²) in [6, 6.07) is -1.37. The second-order valence-electron chi connectivity index (χ2n) is 6.33. The van der Waals surface area contributed by atoms with E-state index in [2.05, 4.69) is 10.4 Å². The van der Waals surface area contributed by atoms with Crippen LogP contribution in [-0.2, 0) is 14.3 Å². The maximum atomic E-state index is 12.6. The smallest absolute Gasteiger partial charge is 0.328 e. The highest BCUT2D eigenvalue weighted by atomic mass is 16.7. The van der Waals surface area contributed by atoms with Crippen molar-refractivity contribution in [3.05, 3.63) is 10.1 Å². The molecule has 1 rings (SSSR count). The normalized spacial score (nSPS) is 21.8. The number of carbonyl (C=O) groups excluding carboxylic acids is 2. The first-order chi connectivity index (χ1) is 12.3. The number of hydrazone groups is 1. The molecule has 11 nitrogen and oxygen atoms in total. The summed E-state index contributed by atoms with van der Waals surface area (Å²) in [5.74, 6) is -0.660. The number of hydrogen-bond donors (Lipinski definition) is 3. The summed E-state index contributed by atoms with van der Waals surface area (Å²) >= 11 is 0. The average molecular weight is 372 g/mol. The highest BCUT2D eigenvalue weighted by Crippen LogP contribution is 2.24. The average Bonchev–Trinajstić information content (AvgIpc) is 2.57. The van der Waals surface area contributed by atoms with Gasteiger partial charge in [-0.2, -0.15) is 0 Å². The fourth-order valence-corrected chi connectivity index (χ4v) is 2.87. The number of esters is 1. The summed E-state index contributed by atoms with van der Waals surface area (Å²) in [5, 5.41) is 14.7. The molecule has 1 aliphatic heterocycles. The van der Waals surface area contributed by atoms with Crippen LogP contribution in [0.5, 0.6) is 0 Å². The second-order valence-corrected chi connectivity index (χ2v) is 6.33. The molecule has 1 fully saturated rings. The Hall–Kier alpha value is -2.43. The molecule has 0 aromatic carbocycles. The van der Waals surface area contributed by atoms with Gasteiger partial charge >= 0.3 is 5.97 Å². The number of carbonyl (C=O) groups is 2. The quantitative estimate of drug-likeness (QED) is 0.127. The van der Waals surface area contributed by atoms with Crippen LogP contribution in [0.1, 0.15) is 39.5 Å². The van der Waals surface area contributed by atoms with Crippen LogP contribution in [0.4, 0.5) is 0 Å². The van der Waals surface area contributed by atoms with Crippen LogP contribution < -0.4 is 16.8 Å². The summed E-state index contributed by atoms with van der Waals surface area (Å²) in [7, 11) is 0. The molecular weight excluding hydrogens is 344 g/mol. The zero-order valence-corrected chi connectivity index (χ0v) is 15.2. The number of nitrogens with zero attached hydrogens (tertiary/aromatic N) is 3. The van der Waals surface area contributed by atoms with Crippen molar-refractivity contribution in [2.24, 2.45) is 22.5 Å². The molecule has 0 radical (unpaired) electrons. The number of nitro groups is 1. The molecule has 1 amide bonds. The van der Waals surface area contributed by atoms with Crippen LogP contribution in [0.2, 0.25) is 0 Å². The van der Waals surface area contributed by atoms with E-state index in [1.807, 2.05) is 6.92 Å². The van der Waals surface area contributed by atoms with Crippen molar-refractivity contribution in [3.63, 3.8) is 0 Å². The number of nitrogens with two attached hydrogens (primary N) is 2. The van der Waals surface area contributed by atoms with Gasteiger partial charge in [0, 0.05) is 13.1 Å². The SMILES string of the molecule is CCOC(=O)C1C[C@H](C)CCN1C(=O)C(N)CCCN/C(N)=N\[N+](=O)[O-]. The molecule has 1 heterocycles. The van der Waals surface area contributed by atoms with Crippen molar-refractivity contribution in [2.45, 2.75) is 51.6 Å². The Morgan fingerprint density at radius 3 is 2.81 bits per heavy atom. The van der Waals surface area contributed by atoms with Crippen LogP contribution in [0.25, 0.3) is 0 Å². The molecule has 0 saturated carbocycles. The Labute approximate surface area is 152 Å². The van der Waals surface area contributed by atoms with Gasteiger partial charge in [0.1, 0.15) is 11.1 Å². The first kappa shape index (κ1) is 21.6. The molecule has 0 aromatic rings. The third-order valence-corrected chi connectivity index (χ3v) is 4.21. The molecule has 5 N–H and O–H groups in total. The maximum Gasteiger partial charge on any atom is 0.328 e. The van der Waals surface area contributed by atoms with Gasteiger partial charge in [0.15, 0.2) is 5.03 Å². The molecule has 11 heteroatoms. The molecular formula is C15H28N6O5. The van der Waals surface area contributed by atoms with E-state index in [1.165, 1.54) is 4.90 Å². The molecule has 1 saturated heterocycles. The minimum atomic E-state index is -0.898. The largest absolute Gasteiger partial charge is 0.464 e. The van der Waals surface area contributed by atoms with Gasteiger partial charge < -0.3 is 26.4 Å². The van der Waals surface area contributed by atoms with Crippen LogP contribution in [0, 0.1) is 16.0 Å². The monoisotopic (exact) mass is 372 g/mol. The first-order valence-electron chi connectivity index (χ1n) is 8.71. The van der Waals surface area contributed by atoms with E-state index < -0.39 is 23.1 Å². The van der Waals surface area contributed by atoms with E-state index in [0.29, 0.717) is 38.3 Å². The van der Waals surface area contributed by atoms with Crippen LogP contribution in [0.3, 0.4) is 0 Å². The van der Waals surface area contributed by atoms with Gasteiger partial charge in [-0.3, -0.25) is 4.79 Å². The molecule has 26 heavy (non-hydrogen) atoms. The number of likely N-dealkylation sites (tertiary alicyclic amines) is 1. The molecule has 0 aromatic heterocycles.